The SMILES string of the molecule is CC(C)(C)c1ccc(C2=NC(c3ccc(C(C)(C)C)cc3)NC(c3ccc(C(C)(C)C)cc3)N2)cc1. The van der Waals surface area contributed by atoms with Crippen molar-refractivity contribution in [2.24, 2.45) is 4.99 Å². The molecule has 0 saturated heterocycles. The monoisotopic (exact) mass is 481 g/mol. The topological polar surface area (TPSA) is 36.4 Å². The summed E-state index contributed by atoms with van der Waals surface area (Å²) in [6.45, 7) is 20.2. The Bertz CT molecular complexity index is 1200. The van der Waals surface area contributed by atoms with Gasteiger partial charge in [-0.1, -0.05) is 135 Å². The Labute approximate surface area is 218 Å². The second-order valence-electron chi connectivity index (χ2n) is 13.2. The molecule has 1 aliphatic rings. The fourth-order valence-electron chi connectivity index (χ4n) is 4.52. The summed E-state index contributed by atoms with van der Waals surface area (Å²) in [4.78, 5) is 5.13. The molecule has 36 heavy (non-hydrogen) atoms. The molecule has 0 radical (unpaired) electrons. The van der Waals surface area contributed by atoms with E-state index >= 15 is 0 Å². The minimum atomic E-state index is -0.134. The lowest BCUT2D eigenvalue weighted by Gasteiger charge is -2.33. The predicted octanol–water partition coefficient (Wildman–Crippen LogP) is 7.92. The zero-order chi connectivity index (χ0) is 26.3. The molecular weight excluding hydrogens is 438 g/mol. The average Bonchev–Trinajstić information content (AvgIpc) is 2.82. The van der Waals surface area contributed by atoms with Crippen molar-refractivity contribution >= 4 is 5.84 Å². The van der Waals surface area contributed by atoms with Crippen molar-refractivity contribution in [3.8, 4) is 0 Å². The first-order chi connectivity index (χ1) is 16.7. The molecule has 3 aromatic rings. The Morgan fingerprint density at radius 1 is 0.528 bits per heavy atom. The van der Waals surface area contributed by atoms with Crippen molar-refractivity contribution in [3.05, 3.63) is 106 Å². The van der Waals surface area contributed by atoms with Gasteiger partial charge in [-0.05, 0) is 44.1 Å². The van der Waals surface area contributed by atoms with Crippen LogP contribution in [0.3, 0.4) is 0 Å². The molecule has 0 saturated carbocycles. The molecule has 0 bridgehead atoms. The second-order valence-corrected chi connectivity index (χ2v) is 13.2. The van der Waals surface area contributed by atoms with Crippen molar-refractivity contribution in [2.75, 3.05) is 0 Å². The third-order valence-electron chi connectivity index (χ3n) is 7.09. The molecule has 3 nitrogen and oxygen atoms in total. The van der Waals surface area contributed by atoms with Crippen LogP contribution in [0.2, 0.25) is 0 Å². The Hall–Kier alpha value is -2.91. The molecule has 1 heterocycles. The molecule has 0 aliphatic carbocycles. The number of rotatable bonds is 3. The van der Waals surface area contributed by atoms with E-state index in [4.69, 9.17) is 4.99 Å². The maximum atomic E-state index is 5.13. The molecule has 1 aliphatic heterocycles. The van der Waals surface area contributed by atoms with Crippen LogP contribution in [0.5, 0.6) is 0 Å². The van der Waals surface area contributed by atoms with E-state index in [1.807, 2.05) is 0 Å². The zero-order valence-corrected chi connectivity index (χ0v) is 23.5. The molecule has 2 unspecified atom stereocenters. The van der Waals surface area contributed by atoms with Crippen LogP contribution < -0.4 is 10.6 Å². The zero-order valence-electron chi connectivity index (χ0n) is 23.5. The minimum Gasteiger partial charge on any atom is -0.350 e. The summed E-state index contributed by atoms with van der Waals surface area (Å²) in [6.07, 6.45) is -0.175. The van der Waals surface area contributed by atoms with Crippen LogP contribution in [0.15, 0.2) is 77.8 Å². The maximum Gasteiger partial charge on any atom is 0.131 e. The van der Waals surface area contributed by atoms with E-state index in [0.717, 1.165) is 11.4 Å². The lowest BCUT2D eigenvalue weighted by Crippen LogP contribution is -2.45. The van der Waals surface area contributed by atoms with Crippen LogP contribution in [0.1, 0.15) is 108 Å². The summed E-state index contributed by atoms with van der Waals surface area (Å²) in [5.74, 6) is 0.920. The van der Waals surface area contributed by atoms with E-state index in [9.17, 15) is 0 Å². The summed E-state index contributed by atoms with van der Waals surface area (Å²) in [7, 11) is 0. The van der Waals surface area contributed by atoms with Gasteiger partial charge in [-0.2, -0.15) is 0 Å². The van der Waals surface area contributed by atoms with Gasteiger partial charge in [0.05, 0.1) is 0 Å². The van der Waals surface area contributed by atoms with Gasteiger partial charge in [0, 0.05) is 5.56 Å². The molecule has 0 aromatic heterocycles. The van der Waals surface area contributed by atoms with Crippen molar-refractivity contribution in [2.45, 2.75) is 90.9 Å². The molecule has 3 heteroatoms. The first-order valence-corrected chi connectivity index (χ1v) is 13.1. The van der Waals surface area contributed by atoms with Gasteiger partial charge in [0.2, 0.25) is 0 Å². The Morgan fingerprint density at radius 3 is 1.33 bits per heavy atom. The van der Waals surface area contributed by atoms with Gasteiger partial charge in [-0.15, -0.1) is 0 Å². The molecule has 0 amide bonds. The van der Waals surface area contributed by atoms with Crippen molar-refractivity contribution in [1.82, 2.24) is 10.6 Å². The molecule has 2 atom stereocenters. The Kier molecular flexibility index (Phi) is 6.92. The number of aliphatic imine (C=N–C) groups is 1. The quantitative estimate of drug-likeness (QED) is 0.399. The van der Waals surface area contributed by atoms with Gasteiger partial charge in [0.15, 0.2) is 0 Å². The molecular formula is C33H43N3. The standard InChI is InChI=1S/C33H43N3/c1-31(2,3)25-16-10-22(11-17-25)28-34-29(23-12-18-26(19-13-23)32(4,5)6)36-30(35-28)24-14-20-27(21-15-24)33(7,8)9/h10-21,28-29,34H,1-9H3,(H,35,36). The van der Waals surface area contributed by atoms with Gasteiger partial charge in [-0.3, -0.25) is 5.32 Å². The molecule has 0 spiro atoms. The predicted molar refractivity (Wildman–Crippen MR) is 154 cm³/mol. The fourth-order valence-corrected chi connectivity index (χ4v) is 4.52. The molecule has 4 rings (SSSR count). The van der Waals surface area contributed by atoms with E-state index in [2.05, 4.69) is 146 Å². The van der Waals surface area contributed by atoms with Gasteiger partial charge in [0.1, 0.15) is 18.2 Å². The molecule has 190 valence electrons. The summed E-state index contributed by atoms with van der Waals surface area (Å²) in [5, 5.41) is 7.42. The van der Waals surface area contributed by atoms with E-state index in [1.165, 1.54) is 27.8 Å². The third kappa shape index (κ3) is 5.90. The number of hydrogen-bond donors (Lipinski definition) is 2. The van der Waals surface area contributed by atoms with Crippen LogP contribution in [0, 0.1) is 0 Å². The van der Waals surface area contributed by atoms with Gasteiger partial charge in [-0.25, -0.2) is 4.99 Å². The summed E-state index contributed by atoms with van der Waals surface area (Å²) in [5.41, 5.74) is 7.85. The number of hydrogen-bond acceptors (Lipinski definition) is 3. The first kappa shape index (κ1) is 26.2. The summed E-state index contributed by atoms with van der Waals surface area (Å²) in [6, 6.07) is 26.7. The molecule has 2 N–H and O–H groups in total. The highest BCUT2D eigenvalue weighted by Gasteiger charge is 2.26. The fraction of sp³-hybridized carbons (Fsp3) is 0.424. The lowest BCUT2D eigenvalue weighted by atomic mass is 9.86. The second kappa shape index (κ2) is 9.52. The average molecular weight is 482 g/mol. The highest BCUT2D eigenvalue weighted by molar-refractivity contribution is 5.99. The normalized spacial score (nSPS) is 19.0. The van der Waals surface area contributed by atoms with E-state index in [-0.39, 0.29) is 28.6 Å². The first-order valence-electron chi connectivity index (χ1n) is 13.1. The van der Waals surface area contributed by atoms with E-state index < -0.39 is 0 Å². The Morgan fingerprint density at radius 2 is 0.917 bits per heavy atom. The van der Waals surface area contributed by atoms with E-state index in [1.54, 1.807) is 0 Å². The highest BCUT2D eigenvalue weighted by Crippen LogP contribution is 2.30. The van der Waals surface area contributed by atoms with E-state index in [0.29, 0.717) is 0 Å². The lowest BCUT2D eigenvalue weighted by molar-refractivity contribution is 0.408. The maximum absolute atomic E-state index is 5.13. The summed E-state index contributed by atoms with van der Waals surface area (Å²) >= 11 is 0. The van der Waals surface area contributed by atoms with Crippen LogP contribution in [-0.4, -0.2) is 5.84 Å². The van der Waals surface area contributed by atoms with Crippen LogP contribution >= 0.6 is 0 Å². The van der Waals surface area contributed by atoms with Crippen LogP contribution in [0.25, 0.3) is 0 Å². The third-order valence-corrected chi connectivity index (χ3v) is 7.09. The van der Waals surface area contributed by atoms with Gasteiger partial charge in [0.25, 0.3) is 0 Å². The summed E-state index contributed by atoms with van der Waals surface area (Å²) < 4.78 is 0. The van der Waals surface area contributed by atoms with Crippen molar-refractivity contribution in [3.63, 3.8) is 0 Å². The Balaban J connectivity index is 1.70. The number of amidine groups is 1. The largest absolute Gasteiger partial charge is 0.350 e. The van der Waals surface area contributed by atoms with Gasteiger partial charge >= 0.3 is 0 Å². The number of nitrogens with one attached hydrogen (secondary N) is 2. The van der Waals surface area contributed by atoms with Crippen LogP contribution in [-0.2, 0) is 16.2 Å². The number of benzene rings is 3. The molecule has 0 fully saturated rings. The highest BCUT2D eigenvalue weighted by atomic mass is 15.3. The number of nitrogens with zero attached hydrogens (tertiary/aromatic N) is 1. The van der Waals surface area contributed by atoms with Gasteiger partial charge < -0.3 is 5.32 Å². The van der Waals surface area contributed by atoms with Crippen molar-refractivity contribution in [1.29, 1.82) is 0 Å². The smallest absolute Gasteiger partial charge is 0.131 e. The minimum absolute atomic E-state index is 0.0406. The van der Waals surface area contributed by atoms with Crippen molar-refractivity contribution < 1.29 is 0 Å². The van der Waals surface area contributed by atoms with Crippen LogP contribution in [0.4, 0.5) is 0 Å². The molecule has 3 aromatic carbocycles.